The molecule has 1 aliphatic rings. The third-order valence-corrected chi connectivity index (χ3v) is 5.35. The van der Waals surface area contributed by atoms with Gasteiger partial charge in [0, 0.05) is 18.2 Å². The lowest BCUT2D eigenvalue weighted by Crippen LogP contribution is -2.33. The van der Waals surface area contributed by atoms with Gasteiger partial charge in [0.25, 0.3) is 0 Å². The highest BCUT2D eigenvalue weighted by Crippen LogP contribution is 2.26. The second-order valence-electron chi connectivity index (χ2n) is 7.20. The average molecular weight is 378 g/mol. The number of methoxy groups -OCH3 is 1. The summed E-state index contributed by atoms with van der Waals surface area (Å²) >= 11 is 0. The summed E-state index contributed by atoms with van der Waals surface area (Å²) in [7, 11) is 1.64. The van der Waals surface area contributed by atoms with E-state index in [-0.39, 0.29) is 0 Å². The summed E-state index contributed by atoms with van der Waals surface area (Å²) in [6, 6.07) is 6.42. The first-order valence-electron chi connectivity index (χ1n) is 9.46. The molecule has 9 heteroatoms. The van der Waals surface area contributed by atoms with Gasteiger partial charge in [0.15, 0.2) is 17.0 Å². The summed E-state index contributed by atoms with van der Waals surface area (Å²) in [5, 5.41) is 3.47. The lowest BCUT2D eigenvalue weighted by Gasteiger charge is -2.26. The number of rotatable bonds is 4. The number of nitrogens with zero attached hydrogens (tertiary/aromatic N) is 5. The Morgan fingerprint density at radius 1 is 1.18 bits per heavy atom. The van der Waals surface area contributed by atoms with Crippen molar-refractivity contribution in [2.24, 2.45) is 5.73 Å². The SMILES string of the molecule is COc1ccc2c(c1)ncn2-c1nc(NC2CCC(N)CC2)nc2[nH]cnc12. The summed E-state index contributed by atoms with van der Waals surface area (Å²) in [6.45, 7) is 0. The predicted molar refractivity (Wildman–Crippen MR) is 107 cm³/mol. The molecule has 3 heterocycles. The molecule has 1 saturated carbocycles. The van der Waals surface area contributed by atoms with Crippen molar-refractivity contribution in [2.75, 3.05) is 12.4 Å². The van der Waals surface area contributed by atoms with E-state index in [9.17, 15) is 0 Å². The summed E-state index contributed by atoms with van der Waals surface area (Å²) in [5.41, 5.74) is 9.17. The van der Waals surface area contributed by atoms with Crippen LogP contribution in [-0.2, 0) is 0 Å². The van der Waals surface area contributed by atoms with Crippen LogP contribution in [0.2, 0.25) is 0 Å². The van der Waals surface area contributed by atoms with Gasteiger partial charge in [-0.1, -0.05) is 0 Å². The minimum atomic E-state index is 0.305. The van der Waals surface area contributed by atoms with E-state index in [1.807, 2.05) is 22.8 Å². The topological polar surface area (TPSA) is 120 Å². The molecule has 9 nitrogen and oxygen atoms in total. The molecule has 144 valence electrons. The maximum atomic E-state index is 6.02. The Labute approximate surface area is 161 Å². The van der Waals surface area contributed by atoms with Crippen molar-refractivity contribution in [3.63, 3.8) is 0 Å². The van der Waals surface area contributed by atoms with Gasteiger partial charge in [0.05, 0.1) is 24.5 Å². The van der Waals surface area contributed by atoms with Gasteiger partial charge in [0.2, 0.25) is 5.95 Å². The van der Waals surface area contributed by atoms with Gasteiger partial charge in [-0.05, 0) is 37.8 Å². The monoisotopic (exact) mass is 378 g/mol. The number of hydrogen-bond donors (Lipinski definition) is 3. The smallest absolute Gasteiger partial charge is 0.227 e. The maximum absolute atomic E-state index is 6.02. The van der Waals surface area contributed by atoms with Crippen LogP contribution in [0.15, 0.2) is 30.9 Å². The third-order valence-electron chi connectivity index (χ3n) is 5.35. The van der Waals surface area contributed by atoms with Crippen molar-refractivity contribution in [3.05, 3.63) is 30.9 Å². The van der Waals surface area contributed by atoms with Gasteiger partial charge in [0.1, 0.15) is 12.1 Å². The second kappa shape index (κ2) is 6.75. The highest BCUT2D eigenvalue weighted by atomic mass is 16.5. The number of nitrogens with one attached hydrogen (secondary N) is 2. The highest BCUT2D eigenvalue weighted by molar-refractivity contribution is 5.85. The van der Waals surface area contributed by atoms with E-state index in [1.54, 1.807) is 19.8 Å². The molecule has 5 rings (SSSR count). The van der Waals surface area contributed by atoms with Gasteiger partial charge < -0.3 is 20.8 Å². The van der Waals surface area contributed by atoms with Gasteiger partial charge in [-0.2, -0.15) is 9.97 Å². The molecule has 28 heavy (non-hydrogen) atoms. The maximum Gasteiger partial charge on any atom is 0.227 e. The molecular formula is C19H22N8O. The van der Waals surface area contributed by atoms with Crippen LogP contribution < -0.4 is 15.8 Å². The van der Waals surface area contributed by atoms with Crippen LogP contribution in [0.3, 0.4) is 0 Å². The van der Waals surface area contributed by atoms with E-state index in [0.29, 0.717) is 35.0 Å². The van der Waals surface area contributed by atoms with E-state index in [1.165, 1.54) is 0 Å². The van der Waals surface area contributed by atoms with E-state index < -0.39 is 0 Å². The number of imidazole rings is 2. The predicted octanol–water partition coefficient (Wildman–Crippen LogP) is 2.38. The molecule has 0 atom stereocenters. The fraction of sp³-hybridized carbons (Fsp3) is 0.368. The lowest BCUT2D eigenvalue weighted by molar-refractivity contribution is 0.410. The summed E-state index contributed by atoms with van der Waals surface area (Å²) < 4.78 is 7.23. The van der Waals surface area contributed by atoms with Crippen LogP contribution in [0.4, 0.5) is 5.95 Å². The quantitative estimate of drug-likeness (QED) is 0.499. The Hall–Kier alpha value is -3.20. The Morgan fingerprint density at radius 3 is 2.86 bits per heavy atom. The zero-order valence-corrected chi connectivity index (χ0v) is 15.6. The van der Waals surface area contributed by atoms with Crippen molar-refractivity contribution in [2.45, 2.75) is 37.8 Å². The Bertz CT molecular complexity index is 1130. The van der Waals surface area contributed by atoms with Gasteiger partial charge in [-0.25, -0.2) is 9.97 Å². The molecule has 4 N–H and O–H groups in total. The van der Waals surface area contributed by atoms with Gasteiger partial charge in [-0.15, -0.1) is 0 Å². The highest BCUT2D eigenvalue weighted by Gasteiger charge is 2.21. The third kappa shape index (κ3) is 2.93. The second-order valence-corrected chi connectivity index (χ2v) is 7.20. The normalized spacial score (nSPS) is 19.9. The number of hydrogen-bond acceptors (Lipinski definition) is 7. The van der Waals surface area contributed by atoms with Gasteiger partial charge >= 0.3 is 0 Å². The molecule has 1 aliphatic carbocycles. The first-order chi connectivity index (χ1) is 13.7. The average Bonchev–Trinajstić information content (AvgIpc) is 3.35. The van der Waals surface area contributed by atoms with Crippen molar-refractivity contribution >= 4 is 28.1 Å². The molecule has 0 bridgehead atoms. The fourth-order valence-electron chi connectivity index (χ4n) is 3.79. The summed E-state index contributed by atoms with van der Waals surface area (Å²) in [5.74, 6) is 2.04. The first kappa shape index (κ1) is 16.9. The van der Waals surface area contributed by atoms with Crippen molar-refractivity contribution in [3.8, 4) is 11.6 Å². The number of anilines is 1. The molecule has 0 unspecified atom stereocenters. The first-order valence-corrected chi connectivity index (χ1v) is 9.46. The van der Waals surface area contributed by atoms with Crippen molar-refractivity contribution in [1.82, 2.24) is 29.5 Å². The number of aromatic amines is 1. The minimum Gasteiger partial charge on any atom is -0.497 e. The largest absolute Gasteiger partial charge is 0.497 e. The van der Waals surface area contributed by atoms with E-state index in [0.717, 1.165) is 42.5 Å². The minimum absolute atomic E-state index is 0.305. The molecule has 1 fully saturated rings. The zero-order chi connectivity index (χ0) is 19.1. The molecule has 1 aromatic carbocycles. The van der Waals surface area contributed by atoms with Gasteiger partial charge in [-0.3, -0.25) is 4.57 Å². The molecule has 0 spiro atoms. The number of aromatic nitrogens is 6. The molecule has 4 aromatic rings. The van der Waals surface area contributed by atoms with E-state index >= 15 is 0 Å². The molecule has 0 saturated heterocycles. The number of benzene rings is 1. The number of H-pyrrole nitrogens is 1. The van der Waals surface area contributed by atoms with Crippen LogP contribution in [-0.4, -0.2) is 48.7 Å². The molecular weight excluding hydrogens is 356 g/mol. The van der Waals surface area contributed by atoms with Crippen molar-refractivity contribution in [1.29, 1.82) is 0 Å². The zero-order valence-electron chi connectivity index (χ0n) is 15.6. The Balaban J connectivity index is 1.56. The number of fused-ring (bicyclic) bond motifs is 2. The van der Waals surface area contributed by atoms with Crippen LogP contribution in [0.1, 0.15) is 25.7 Å². The van der Waals surface area contributed by atoms with E-state index in [4.69, 9.17) is 15.5 Å². The Morgan fingerprint density at radius 2 is 2.04 bits per heavy atom. The molecule has 3 aromatic heterocycles. The number of nitrogens with two attached hydrogens (primary N) is 1. The summed E-state index contributed by atoms with van der Waals surface area (Å²) in [4.78, 5) is 21.4. The summed E-state index contributed by atoms with van der Waals surface area (Å²) in [6.07, 6.45) is 7.47. The fourth-order valence-corrected chi connectivity index (χ4v) is 3.79. The molecule has 0 aliphatic heterocycles. The van der Waals surface area contributed by atoms with Crippen LogP contribution in [0.5, 0.6) is 5.75 Å². The van der Waals surface area contributed by atoms with Crippen LogP contribution in [0, 0.1) is 0 Å². The molecule has 0 amide bonds. The van der Waals surface area contributed by atoms with Crippen molar-refractivity contribution < 1.29 is 4.74 Å². The van der Waals surface area contributed by atoms with Crippen LogP contribution in [0.25, 0.3) is 28.0 Å². The Kier molecular flexibility index (Phi) is 4.09. The lowest BCUT2D eigenvalue weighted by atomic mass is 9.92. The standard InChI is InChI=1S/C19H22N8O/c1-28-13-6-7-15-14(8-13)23-10-27(15)18-16-17(22-9-21-16)25-19(26-18)24-12-4-2-11(20)3-5-12/h6-12H,2-5,20H2,1H3,(H2,21,22,24,25,26). The van der Waals surface area contributed by atoms with E-state index in [2.05, 4.69) is 25.3 Å². The number of ether oxygens (including phenoxy) is 1. The van der Waals surface area contributed by atoms with Crippen LogP contribution >= 0.6 is 0 Å². The molecule has 0 radical (unpaired) electrons.